The fourth-order valence-corrected chi connectivity index (χ4v) is 1.62. The van der Waals surface area contributed by atoms with Gasteiger partial charge in [-0.25, -0.2) is 0 Å². The second-order valence-corrected chi connectivity index (χ2v) is 4.95. The second-order valence-electron chi connectivity index (χ2n) is 4.95. The third-order valence-electron chi connectivity index (χ3n) is 2.64. The smallest absolute Gasteiger partial charge is 0.119 e. The molecule has 0 bridgehead atoms. The third kappa shape index (κ3) is 5.22. The maximum absolute atomic E-state index is 5.73. The zero-order chi connectivity index (χ0) is 12.7. The van der Waals surface area contributed by atoms with Crippen LogP contribution in [-0.2, 0) is 0 Å². The van der Waals surface area contributed by atoms with Crippen molar-refractivity contribution in [1.29, 1.82) is 0 Å². The highest BCUT2D eigenvalue weighted by Gasteiger charge is 2.05. The monoisotopic (exact) mass is 235 g/mol. The highest BCUT2D eigenvalue weighted by Crippen LogP contribution is 2.19. The van der Waals surface area contributed by atoms with Crippen LogP contribution in [0, 0.1) is 5.92 Å². The molecule has 1 unspecified atom stereocenters. The molecule has 0 heterocycles. The molecule has 0 aliphatic heterocycles. The van der Waals surface area contributed by atoms with Crippen molar-refractivity contribution in [2.24, 2.45) is 5.92 Å². The lowest BCUT2D eigenvalue weighted by Crippen LogP contribution is -2.19. The second kappa shape index (κ2) is 7.33. The van der Waals surface area contributed by atoms with Crippen LogP contribution in [0.5, 0.6) is 5.75 Å². The largest absolute Gasteiger partial charge is 0.493 e. The maximum atomic E-state index is 5.73. The molecule has 17 heavy (non-hydrogen) atoms. The van der Waals surface area contributed by atoms with Crippen LogP contribution in [0.3, 0.4) is 0 Å². The molecule has 1 aromatic rings. The van der Waals surface area contributed by atoms with Crippen molar-refractivity contribution in [1.82, 2.24) is 5.32 Å². The van der Waals surface area contributed by atoms with Crippen molar-refractivity contribution < 1.29 is 4.74 Å². The Morgan fingerprint density at radius 1 is 1.24 bits per heavy atom. The normalized spacial score (nSPS) is 12.8. The predicted octanol–water partition coefficient (Wildman–Crippen LogP) is 3.78. The topological polar surface area (TPSA) is 21.3 Å². The Morgan fingerprint density at radius 2 is 2.00 bits per heavy atom. The molecule has 0 spiro atoms. The molecule has 0 aliphatic rings. The molecule has 0 aromatic heterocycles. The van der Waals surface area contributed by atoms with Gasteiger partial charge in [-0.1, -0.05) is 32.9 Å². The van der Waals surface area contributed by atoms with Crippen LogP contribution in [0.4, 0.5) is 0 Å². The summed E-state index contributed by atoms with van der Waals surface area (Å²) in [5, 5.41) is 3.49. The fraction of sp³-hybridized carbons (Fsp3) is 0.600. The van der Waals surface area contributed by atoms with Gasteiger partial charge in [-0.3, -0.25) is 0 Å². The molecular weight excluding hydrogens is 210 g/mol. The van der Waals surface area contributed by atoms with Gasteiger partial charge in [0.1, 0.15) is 5.75 Å². The van der Waals surface area contributed by atoms with E-state index in [-0.39, 0.29) is 0 Å². The number of hydrogen-bond acceptors (Lipinski definition) is 2. The molecule has 1 rings (SSSR count). The lowest BCUT2D eigenvalue weighted by atomic mass is 10.1. The molecule has 0 fully saturated rings. The van der Waals surface area contributed by atoms with Gasteiger partial charge in [-0.2, -0.15) is 0 Å². The standard InChI is InChI=1S/C15H25NO/c1-5-9-16-13(4)14-7-6-8-15(10-14)17-11-12(2)3/h6-8,10,12-13,16H,5,9,11H2,1-4H3. The molecule has 0 radical (unpaired) electrons. The zero-order valence-corrected chi connectivity index (χ0v) is 11.5. The highest BCUT2D eigenvalue weighted by atomic mass is 16.5. The lowest BCUT2D eigenvalue weighted by molar-refractivity contribution is 0.270. The molecule has 1 N–H and O–H groups in total. The van der Waals surface area contributed by atoms with Crippen molar-refractivity contribution in [3.8, 4) is 5.75 Å². The minimum Gasteiger partial charge on any atom is -0.493 e. The fourth-order valence-electron chi connectivity index (χ4n) is 1.62. The summed E-state index contributed by atoms with van der Waals surface area (Å²) >= 11 is 0. The first kappa shape index (κ1) is 14.0. The molecule has 96 valence electrons. The lowest BCUT2D eigenvalue weighted by Gasteiger charge is -2.15. The highest BCUT2D eigenvalue weighted by molar-refractivity contribution is 5.30. The van der Waals surface area contributed by atoms with E-state index in [1.165, 1.54) is 5.56 Å². The van der Waals surface area contributed by atoms with Gasteiger partial charge in [-0.05, 0) is 43.5 Å². The van der Waals surface area contributed by atoms with E-state index in [0.717, 1.165) is 25.3 Å². The maximum Gasteiger partial charge on any atom is 0.119 e. The van der Waals surface area contributed by atoms with Gasteiger partial charge >= 0.3 is 0 Å². The van der Waals surface area contributed by atoms with E-state index in [2.05, 4.69) is 51.2 Å². The van der Waals surface area contributed by atoms with Gasteiger partial charge in [0.25, 0.3) is 0 Å². The number of benzene rings is 1. The van der Waals surface area contributed by atoms with Crippen molar-refractivity contribution in [2.45, 2.75) is 40.2 Å². The molecule has 0 saturated heterocycles. The molecule has 1 aromatic carbocycles. The number of nitrogens with one attached hydrogen (secondary N) is 1. The van der Waals surface area contributed by atoms with Gasteiger partial charge in [-0.15, -0.1) is 0 Å². The Morgan fingerprint density at radius 3 is 2.65 bits per heavy atom. The number of hydrogen-bond donors (Lipinski definition) is 1. The Bertz CT molecular complexity index is 322. The predicted molar refractivity (Wildman–Crippen MR) is 73.5 cm³/mol. The van der Waals surface area contributed by atoms with Crippen LogP contribution in [-0.4, -0.2) is 13.2 Å². The van der Waals surface area contributed by atoms with Crippen LogP contribution in [0.25, 0.3) is 0 Å². The van der Waals surface area contributed by atoms with Crippen LogP contribution in [0.1, 0.15) is 45.7 Å². The van der Waals surface area contributed by atoms with E-state index < -0.39 is 0 Å². The summed E-state index contributed by atoms with van der Waals surface area (Å²) in [5.74, 6) is 1.54. The van der Waals surface area contributed by atoms with Crippen molar-refractivity contribution in [2.75, 3.05) is 13.2 Å². The molecule has 0 aliphatic carbocycles. The minimum absolute atomic E-state index is 0.387. The Kier molecular flexibility index (Phi) is 6.06. The average Bonchev–Trinajstić information content (AvgIpc) is 2.33. The number of ether oxygens (including phenoxy) is 1. The van der Waals surface area contributed by atoms with Crippen molar-refractivity contribution in [3.05, 3.63) is 29.8 Å². The summed E-state index contributed by atoms with van der Waals surface area (Å²) < 4.78 is 5.73. The minimum atomic E-state index is 0.387. The van der Waals surface area contributed by atoms with Gasteiger partial charge in [0.15, 0.2) is 0 Å². The summed E-state index contributed by atoms with van der Waals surface area (Å²) in [4.78, 5) is 0. The van der Waals surface area contributed by atoms with E-state index in [4.69, 9.17) is 4.74 Å². The van der Waals surface area contributed by atoms with Crippen LogP contribution < -0.4 is 10.1 Å². The van der Waals surface area contributed by atoms with Gasteiger partial charge in [0, 0.05) is 6.04 Å². The third-order valence-corrected chi connectivity index (χ3v) is 2.64. The Labute approximate surface area is 105 Å². The summed E-state index contributed by atoms with van der Waals surface area (Å²) in [5.41, 5.74) is 1.29. The van der Waals surface area contributed by atoms with E-state index in [1.54, 1.807) is 0 Å². The molecule has 0 amide bonds. The van der Waals surface area contributed by atoms with Crippen LogP contribution in [0.2, 0.25) is 0 Å². The van der Waals surface area contributed by atoms with Gasteiger partial charge in [0.2, 0.25) is 0 Å². The summed E-state index contributed by atoms with van der Waals surface area (Å²) in [6, 6.07) is 8.76. The molecule has 0 saturated carbocycles. The first-order valence-electron chi connectivity index (χ1n) is 6.59. The summed E-state index contributed by atoms with van der Waals surface area (Å²) in [7, 11) is 0. The van der Waals surface area contributed by atoms with E-state index >= 15 is 0 Å². The van der Waals surface area contributed by atoms with E-state index in [9.17, 15) is 0 Å². The van der Waals surface area contributed by atoms with Gasteiger partial charge < -0.3 is 10.1 Å². The Hall–Kier alpha value is -1.02. The van der Waals surface area contributed by atoms with E-state index in [0.29, 0.717) is 12.0 Å². The summed E-state index contributed by atoms with van der Waals surface area (Å²) in [6.07, 6.45) is 1.16. The first-order valence-corrected chi connectivity index (χ1v) is 6.59. The molecular formula is C15H25NO. The summed E-state index contributed by atoms with van der Waals surface area (Å²) in [6.45, 7) is 10.5. The van der Waals surface area contributed by atoms with Crippen molar-refractivity contribution >= 4 is 0 Å². The SMILES string of the molecule is CCCNC(C)c1cccc(OCC(C)C)c1. The first-order chi connectivity index (χ1) is 8.13. The Balaban J connectivity index is 2.58. The van der Waals surface area contributed by atoms with Crippen molar-refractivity contribution in [3.63, 3.8) is 0 Å². The van der Waals surface area contributed by atoms with Gasteiger partial charge in [0.05, 0.1) is 6.61 Å². The zero-order valence-electron chi connectivity index (χ0n) is 11.5. The average molecular weight is 235 g/mol. The molecule has 2 heteroatoms. The van der Waals surface area contributed by atoms with Crippen LogP contribution >= 0.6 is 0 Å². The van der Waals surface area contributed by atoms with Crippen LogP contribution in [0.15, 0.2) is 24.3 Å². The quantitative estimate of drug-likeness (QED) is 0.776. The number of rotatable bonds is 7. The molecule has 2 nitrogen and oxygen atoms in total. The molecule has 1 atom stereocenters. The van der Waals surface area contributed by atoms with E-state index in [1.807, 2.05) is 6.07 Å².